The Morgan fingerprint density at radius 2 is 1.67 bits per heavy atom. The van der Waals surface area contributed by atoms with Crippen LogP contribution in [0.1, 0.15) is 33.1 Å². The van der Waals surface area contributed by atoms with E-state index in [1.807, 2.05) is 26.0 Å². The fraction of sp³-hybridized carbons (Fsp3) is 0.273. The van der Waals surface area contributed by atoms with Crippen LogP contribution in [0.5, 0.6) is 11.5 Å². The van der Waals surface area contributed by atoms with E-state index >= 15 is 0 Å². The molecule has 3 rings (SSSR count). The number of rotatable bonds is 6. The van der Waals surface area contributed by atoms with Gasteiger partial charge in [-0.2, -0.15) is 9.97 Å². The molecular formula is C22H23FN4O3. The molecule has 8 heteroatoms. The number of nitrogens with zero attached hydrogens (tertiary/aromatic N) is 4. The molecule has 0 atom stereocenters. The molecule has 0 aliphatic heterocycles. The minimum atomic E-state index is -0.746. The summed E-state index contributed by atoms with van der Waals surface area (Å²) < 4.78 is 18.3. The van der Waals surface area contributed by atoms with Crippen LogP contribution in [0.4, 0.5) is 10.3 Å². The summed E-state index contributed by atoms with van der Waals surface area (Å²) in [5, 5.41) is 9.94. The van der Waals surface area contributed by atoms with Gasteiger partial charge < -0.3 is 14.7 Å². The van der Waals surface area contributed by atoms with Gasteiger partial charge in [-0.1, -0.05) is 12.1 Å². The molecule has 2 aromatic carbocycles. The van der Waals surface area contributed by atoms with Crippen molar-refractivity contribution in [2.45, 2.75) is 26.7 Å². The molecule has 0 aliphatic carbocycles. The van der Waals surface area contributed by atoms with Crippen molar-refractivity contribution in [3.8, 4) is 11.5 Å². The standard InChI is InChI=1S/C22H23FN4O3/c1-13-11-15(12-14(2)19(13)28)5-10-18-24-20(26-22(25-18)27(3)4)21(29)30-17-8-6-16(23)7-9-17/h6-9,11-12,28H,5,10H2,1-4H3. The first-order valence-corrected chi connectivity index (χ1v) is 9.42. The topological polar surface area (TPSA) is 88.4 Å². The molecule has 30 heavy (non-hydrogen) atoms. The lowest BCUT2D eigenvalue weighted by Gasteiger charge is -2.13. The number of phenols is 1. The maximum absolute atomic E-state index is 13.0. The zero-order valence-electron chi connectivity index (χ0n) is 17.3. The molecule has 0 aliphatic rings. The normalized spacial score (nSPS) is 10.7. The van der Waals surface area contributed by atoms with Crippen LogP contribution >= 0.6 is 0 Å². The molecule has 1 heterocycles. The predicted octanol–water partition coefficient (Wildman–Crippen LogP) is 3.40. The SMILES string of the molecule is Cc1cc(CCc2nc(C(=O)Oc3ccc(F)cc3)nc(N(C)C)n2)cc(C)c1O. The molecule has 1 N–H and O–H groups in total. The Morgan fingerprint density at radius 1 is 1.03 bits per heavy atom. The average Bonchev–Trinajstić information content (AvgIpc) is 2.71. The zero-order valence-corrected chi connectivity index (χ0v) is 17.3. The molecule has 7 nitrogen and oxygen atoms in total. The molecule has 0 fully saturated rings. The average molecular weight is 410 g/mol. The third kappa shape index (κ3) is 5.08. The summed E-state index contributed by atoms with van der Waals surface area (Å²) in [6.07, 6.45) is 1.11. The molecule has 0 bridgehead atoms. The van der Waals surface area contributed by atoms with E-state index < -0.39 is 11.8 Å². The molecule has 0 spiro atoms. The van der Waals surface area contributed by atoms with E-state index in [0.717, 1.165) is 16.7 Å². The van der Waals surface area contributed by atoms with E-state index in [2.05, 4.69) is 15.0 Å². The molecule has 0 saturated heterocycles. The first kappa shape index (κ1) is 21.2. The highest BCUT2D eigenvalue weighted by atomic mass is 19.1. The fourth-order valence-corrected chi connectivity index (χ4v) is 2.91. The van der Waals surface area contributed by atoms with E-state index in [9.17, 15) is 14.3 Å². The number of hydrogen-bond donors (Lipinski definition) is 1. The molecular weight excluding hydrogens is 387 g/mol. The number of carbonyl (C=O) groups is 1. The number of carbonyl (C=O) groups excluding carboxylic acids is 1. The summed E-state index contributed by atoms with van der Waals surface area (Å²) in [6, 6.07) is 8.96. The number of aryl methyl sites for hydroxylation is 4. The quantitative estimate of drug-likeness (QED) is 0.492. The van der Waals surface area contributed by atoms with Crippen LogP contribution in [0.25, 0.3) is 0 Å². The second-order valence-electron chi connectivity index (χ2n) is 7.19. The number of aromatic nitrogens is 3. The van der Waals surface area contributed by atoms with Crippen molar-refractivity contribution in [2.75, 3.05) is 19.0 Å². The van der Waals surface area contributed by atoms with Gasteiger partial charge in [0.15, 0.2) is 0 Å². The number of hydrogen-bond acceptors (Lipinski definition) is 7. The summed E-state index contributed by atoms with van der Waals surface area (Å²) in [5.41, 5.74) is 2.64. The number of aromatic hydroxyl groups is 1. The van der Waals surface area contributed by atoms with E-state index in [4.69, 9.17) is 4.74 Å². The second kappa shape index (κ2) is 8.86. The molecule has 1 aromatic heterocycles. The smallest absolute Gasteiger partial charge is 0.381 e. The highest BCUT2D eigenvalue weighted by molar-refractivity contribution is 5.87. The number of anilines is 1. The molecule has 0 saturated carbocycles. The third-order valence-electron chi connectivity index (χ3n) is 4.46. The van der Waals surface area contributed by atoms with Gasteiger partial charge in [-0.15, -0.1) is 0 Å². The van der Waals surface area contributed by atoms with Crippen LogP contribution in [0.3, 0.4) is 0 Å². The Kier molecular flexibility index (Phi) is 6.25. The third-order valence-corrected chi connectivity index (χ3v) is 4.46. The van der Waals surface area contributed by atoms with E-state index in [1.54, 1.807) is 19.0 Å². The van der Waals surface area contributed by atoms with Gasteiger partial charge in [-0.05, 0) is 61.2 Å². The molecule has 0 radical (unpaired) electrons. The number of phenolic OH excluding ortho intramolecular Hbond substituents is 1. The minimum Gasteiger partial charge on any atom is -0.507 e. The molecule has 0 unspecified atom stereocenters. The van der Waals surface area contributed by atoms with Gasteiger partial charge in [-0.3, -0.25) is 0 Å². The molecule has 0 amide bonds. The van der Waals surface area contributed by atoms with Crippen LogP contribution in [-0.4, -0.2) is 40.1 Å². The van der Waals surface area contributed by atoms with Crippen LogP contribution in [0.15, 0.2) is 36.4 Å². The van der Waals surface area contributed by atoms with Gasteiger partial charge in [-0.25, -0.2) is 14.2 Å². The maximum Gasteiger partial charge on any atom is 0.381 e. The van der Waals surface area contributed by atoms with Crippen LogP contribution in [-0.2, 0) is 12.8 Å². The number of ether oxygens (including phenoxy) is 1. The largest absolute Gasteiger partial charge is 0.507 e. The lowest BCUT2D eigenvalue weighted by atomic mass is 10.0. The van der Waals surface area contributed by atoms with Gasteiger partial charge in [0.1, 0.15) is 23.1 Å². The number of benzene rings is 2. The number of halogens is 1. The van der Waals surface area contributed by atoms with Gasteiger partial charge in [0.25, 0.3) is 0 Å². The van der Waals surface area contributed by atoms with E-state index in [-0.39, 0.29) is 11.6 Å². The summed E-state index contributed by atoms with van der Waals surface area (Å²) in [4.78, 5) is 27.0. The first-order chi connectivity index (χ1) is 14.2. The van der Waals surface area contributed by atoms with Crippen LogP contribution < -0.4 is 9.64 Å². The first-order valence-electron chi connectivity index (χ1n) is 9.42. The van der Waals surface area contributed by atoms with Crippen molar-refractivity contribution in [1.82, 2.24) is 15.0 Å². The zero-order chi connectivity index (χ0) is 21.8. The lowest BCUT2D eigenvalue weighted by molar-refractivity contribution is 0.0721. The molecule has 3 aromatic rings. The summed E-state index contributed by atoms with van der Waals surface area (Å²) in [6.45, 7) is 3.70. The highest BCUT2D eigenvalue weighted by Crippen LogP contribution is 2.23. The number of esters is 1. The highest BCUT2D eigenvalue weighted by Gasteiger charge is 2.17. The van der Waals surface area contributed by atoms with Crippen molar-refractivity contribution in [2.24, 2.45) is 0 Å². The molecule has 156 valence electrons. The predicted molar refractivity (Wildman–Crippen MR) is 111 cm³/mol. The van der Waals surface area contributed by atoms with Crippen molar-refractivity contribution in [3.63, 3.8) is 0 Å². The van der Waals surface area contributed by atoms with Gasteiger partial charge >= 0.3 is 5.97 Å². The minimum absolute atomic E-state index is 0.119. The van der Waals surface area contributed by atoms with Crippen LogP contribution in [0, 0.1) is 19.7 Å². The summed E-state index contributed by atoms with van der Waals surface area (Å²) in [5.74, 6) is -0.0145. The summed E-state index contributed by atoms with van der Waals surface area (Å²) >= 11 is 0. The summed E-state index contributed by atoms with van der Waals surface area (Å²) in [7, 11) is 3.53. The van der Waals surface area contributed by atoms with Crippen molar-refractivity contribution >= 4 is 11.9 Å². The lowest BCUT2D eigenvalue weighted by Crippen LogP contribution is -2.21. The van der Waals surface area contributed by atoms with Gasteiger partial charge in [0, 0.05) is 20.5 Å². The second-order valence-corrected chi connectivity index (χ2v) is 7.19. The Labute approximate surface area is 174 Å². The van der Waals surface area contributed by atoms with Crippen molar-refractivity contribution in [3.05, 3.63) is 70.6 Å². The Balaban J connectivity index is 1.81. The van der Waals surface area contributed by atoms with E-state index in [0.29, 0.717) is 30.4 Å². The van der Waals surface area contributed by atoms with Crippen LogP contribution in [0.2, 0.25) is 0 Å². The monoisotopic (exact) mass is 410 g/mol. The Hall–Kier alpha value is -3.55. The maximum atomic E-state index is 13.0. The van der Waals surface area contributed by atoms with Gasteiger partial charge in [0.2, 0.25) is 11.8 Å². The Bertz CT molecular complexity index is 1050. The van der Waals surface area contributed by atoms with Crippen molar-refractivity contribution < 1.29 is 19.0 Å². The van der Waals surface area contributed by atoms with Crippen molar-refractivity contribution in [1.29, 1.82) is 0 Å². The Morgan fingerprint density at radius 3 is 2.27 bits per heavy atom. The van der Waals surface area contributed by atoms with Gasteiger partial charge in [0.05, 0.1) is 0 Å². The fourth-order valence-electron chi connectivity index (χ4n) is 2.91. The van der Waals surface area contributed by atoms with E-state index in [1.165, 1.54) is 24.3 Å².